The van der Waals surface area contributed by atoms with Crippen LogP contribution in [0.5, 0.6) is 0 Å². The Hall–Kier alpha value is -2.14. The summed E-state index contributed by atoms with van der Waals surface area (Å²) in [5.41, 5.74) is -0.0340. The number of hydrogen-bond donors (Lipinski definition) is 1. The number of benzene rings is 1. The molecule has 106 valence electrons. The van der Waals surface area contributed by atoms with E-state index in [9.17, 15) is 4.79 Å². The Kier molecular flexibility index (Phi) is 4.53. The van der Waals surface area contributed by atoms with Crippen LogP contribution in [0.25, 0.3) is 0 Å². The number of rotatable bonds is 6. The zero-order valence-corrected chi connectivity index (χ0v) is 11.7. The molecule has 1 N–H and O–H groups in total. The minimum atomic E-state index is -0.911. The Labute approximate surface area is 118 Å². The molecule has 1 unspecified atom stereocenters. The summed E-state index contributed by atoms with van der Waals surface area (Å²) in [5.74, 6) is -0.306. The highest BCUT2D eigenvalue weighted by molar-refractivity contribution is 5.82. The van der Waals surface area contributed by atoms with E-state index in [1.807, 2.05) is 48.0 Å². The van der Waals surface area contributed by atoms with Gasteiger partial charge in [0.1, 0.15) is 0 Å². The van der Waals surface area contributed by atoms with E-state index in [1.54, 1.807) is 12.5 Å². The lowest BCUT2D eigenvalue weighted by molar-refractivity contribution is -0.150. The smallest absolute Gasteiger partial charge is 0.332 e. The Morgan fingerprint density at radius 1 is 1.40 bits per heavy atom. The van der Waals surface area contributed by atoms with Crippen LogP contribution in [0.3, 0.4) is 0 Å². The number of esters is 1. The normalized spacial score (nSPS) is 13.7. The second kappa shape index (κ2) is 6.34. The molecule has 0 radical (unpaired) electrons. The van der Waals surface area contributed by atoms with Crippen molar-refractivity contribution in [3.63, 3.8) is 0 Å². The summed E-state index contributed by atoms with van der Waals surface area (Å²) in [7, 11) is 1.41. The predicted molar refractivity (Wildman–Crippen MR) is 76.0 cm³/mol. The first-order valence-corrected chi connectivity index (χ1v) is 6.57. The first-order valence-electron chi connectivity index (χ1n) is 6.57. The van der Waals surface area contributed by atoms with Gasteiger partial charge in [-0.3, -0.25) is 5.32 Å². The number of nitrogens with zero attached hydrogens (tertiary/aromatic N) is 2. The monoisotopic (exact) mass is 273 g/mol. The number of methoxy groups -OCH3 is 1. The quantitative estimate of drug-likeness (QED) is 0.812. The molecule has 5 nitrogen and oxygen atoms in total. The van der Waals surface area contributed by atoms with E-state index in [0.29, 0.717) is 13.1 Å². The lowest BCUT2D eigenvalue weighted by atomic mass is 9.89. The molecule has 2 rings (SSSR count). The zero-order valence-electron chi connectivity index (χ0n) is 11.7. The molecule has 0 aliphatic rings. The van der Waals surface area contributed by atoms with Crippen LogP contribution >= 0.6 is 0 Å². The first-order chi connectivity index (χ1) is 9.73. The van der Waals surface area contributed by atoms with Gasteiger partial charge < -0.3 is 9.30 Å². The molecular weight excluding hydrogens is 254 g/mol. The molecule has 0 aliphatic carbocycles. The maximum atomic E-state index is 12.4. The van der Waals surface area contributed by atoms with Crippen LogP contribution in [-0.4, -0.2) is 29.2 Å². The largest absolute Gasteiger partial charge is 0.467 e. The molecule has 5 heteroatoms. The first kappa shape index (κ1) is 14.3. The minimum absolute atomic E-state index is 0.306. The summed E-state index contributed by atoms with van der Waals surface area (Å²) in [5, 5.41) is 3.28. The molecule has 20 heavy (non-hydrogen) atoms. The second-order valence-electron chi connectivity index (χ2n) is 4.53. The maximum absolute atomic E-state index is 12.4. The molecule has 0 saturated carbocycles. The minimum Gasteiger partial charge on any atom is -0.467 e. The van der Waals surface area contributed by atoms with Crippen molar-refractivity contribution >= 4 is 5.97 Å². The number of imidazole rings is 1. The van der Waals surface area contributed by atoms with E-state index < -0.39 is 5.54 Å². The number of carbonyl (C=O) groups is 1. The second-order valence-corrected chi connectivity index (χ2v) is 4.53. The number of nitrogens with one attached hydrogen (secondary N) is 1. The number of likely N-dealkylation sites (N-methyl/N-ethyl adjacent to an activating group) is 1. The summed E-state index contributed by atoms with van der Waals surface area (Å²) in [6.07, 6.45) is 5.22. The van der Waals surface area contributed by atoms with Crippen LogP contribution in [0.15, 0.2) is 49.1 Å². The fourth-order valence-corrected chi connectivity index (χ4v) is 2.36. The van der Waals surface area contributed by atoms with Crippen LogP contribution in [0.2, 0.25) is 0 Å². The predicted octanol–water partition coefficient (Wildman–Crippen LogP) is 1.56. The standard InChI is InChI=1S/C15H19N3O2/c1-3-17-15(14(19)20-2,11-18-10-9-16-12-18)13-7-5-4-6-8-13/h4-10,12,17H,3,11H2,1-2H3. The van der Waals surface area contributed by atoms with Gasteiger partial charge in [-0.2, -0.15) is 0 Å². The van der Waals surface area contributed by atoms with Crippen molar-refractivity contribution < 1.29 is 9.53 Å². The number of hydrogen-bond acceptors (Lipinski definition) is 4. The molecule has 0 saturated heterocycles. The third-order valence-corrected chi connectivity index (χ3v) is 3.26. The highest BCUT2D eigenvalue weighted by Gasteiger charge is 2.41. The SMILES string of the molecule is CCNC(Cn1ccnc1)(C(=O)OC)c1ccccc1. The summed E-state index contributed by atoms with van der Waals surface area (Å²) in [4.78, 5) is 16.5. The van der Waals surface area contributed by atoms with Gasteiger partial charge in [0.2, 0.25) is 0 Å². The average Bonchev–Trinajstić information content (AvgIpc) is 2.99. The van der Waals surface area contributed by atoms with Crippen LogP contribution in [0.4, 0.5) is 0 Å². The van der Waals surface area contributed by atoms with Crippen LogP contribution in [0, 0.1) is 0 Å². The van der Waals surface area contributed by atoms with Gasteiger partial charge in [0.05, 0.1) is 20.0 Å². The molecule has 2 aromatic rings. The van der Waals surface area contributed by atoms with Crippen molar-refractivity contribution in [1.82, 2.24) is 14.9 Å². The zero-order chi connectivity index (χ0) is 14.4. The maximum Gasteiger partial charge on any atom is 0.332 e. The van der Waals surface area contributed by atoms with E-state index >= 15 is 0 Å². The summed E-state index contributed by atoms with van der Waals surface area (Å²) >= 11 is 0. The fraction of sp³-hybridized carbons (Fsp3) is 0.333. The van der Waals surface area contributed by atoms with Crippen molar-refractivity contribution in [2.75, 3.05) is 13.7 Å². The molecule has 0 bridgehead atoms. The van der Waals surface area contributed by atoms with Gasteiger partial charge in [0.25, 0.3) is 0 Å². The number of ether oxygens (including phenoxy) is 1. The van der Waals surface area contributed by atoms with E-state index in [-0.39, 0.29) is 5.97 Å². The van der Waals surface area contributed by atoms with Gasteiger partial charge in [-0.1, -0.05) is 37.3 Å². The lowest BCUT2D eigenvalue weighted by Crippen LogP contribution is -2.52. The van der Waals surface area contributed by atoms with Crippen LogP contribution < -0.4 is 5.32 Å². The third-order valence-electron chi connectivity index (χ3n) is 3.26. The van der Waals surface area contributed by atoms with Crippen LogP contribution in [0.1, 0.15) is 12.5 Å². The number of aromatic nitrogens is 2. The molecule has 1 aromatic carbocycles. The van der Waals surface area contributed by atoms with Gasteiger partial charge in [0.15, 0.2) is 5.54 Å². The fourth-order valence-electron chi connectivity index (χ4n) is 2.36. The Morgan fingerprint density at radius 2 is 2.15 bits per heavy atom. The van der Waals surface area contributed by atoms with Crippen molar-refractivity contribution in [3.8, 4) is 0 Å². The lowest BCUT2D eigenvalue weighted by Gasteiger charge is -2.32. The summed E-state index contributed by atoms with van der Waals surface area (Å²) < 4.78 is 6.90. The number of carbonyl (C=O) groups excluding carboxylic acids is 1. The molecule has 1 heterocycles. The summed E-state index contributed by atoms with van der Waals surface area (Å²) in [6.45, 7) is 3.05. The highest BCUT2D eigenvalue weighted by Crippen LogP contribution is 2.25. The van der Waals surface area contributed by atoms with Crippen LogP contribution in [-0.2, 0) is 21.6 Å². The Bertz CT molecular complexity index is 540. The Balaban J connectivity index is 2.47. The van der Waals surface area contributed by atoms with Crippen molar-refractivity contribution in [2.45, 2.75) is 19.0 Å². The average molecular weight is 273 g/mol. The van der Waals surface area contributed by atoms with E-state index in [1.165, 1.54) is 7.11 Å². The molecule has 0 spiro atoms. The topological polar surface area (TPSA) is 56.2 Å². The molecule has 0 aliphatic heterocycles. The third kappa shape index (κ3) is 2.72. The van der Waals surface area contributed by atoms with E-state index in [4.69, 9.17) is 4.74 Å². The van der Waals surface area contributed by atoms with Crippen molar-refractivity contribution in [1.29, 1.82) is 0 Å². The van der Waals surface area contributed by atoms with Gasteiger partial charge in [-0.15, -0.1) is 0 Å². The van der Waals surface area contributed by atoms with Crippen molar-refractivity contribution in [3.05, 3.63) is 54.6 Å². The van der Waals surface area contributed by atoms with Gasteiger partial charge in [-0.25, -0.2) is 9.78 Å². The van der Waals surface area contributed by atoms with Gasteiger partial charge >= 0.3 is 5.97 Å². The molecule has 1 atom stereocenters. The molecule has 0 fully saturated rings. The highest BCUT2D eigenvalue weighted by atomic mass is 16.5. The Morgan fingerprint density at radius 3 is 2.70 bits per heavy atom. The van der Waals surface area contributed by atoms with E-state index in [2.05, 4.69) is 10.3 Å². The molecule has 1 aromatic heterocycles. The van der Waals surface area contributed by atoms with Crippen molar-refractivity contribution in [2.24, 2.45) is 0 Å². The molecular formula is C15H19N3O2. The van der Waals surface area contributed by atoms with E-state index in [0.717, 1.165) is 5.56 Å². The molecule has 0 amide bonds. The van der Waals surface area contributed by atoms with Gasteiger partial charge in [-0.05, 0) is 12.1 Å². The van der Waals surface area contributed by atoms with Gasteiger partial charge in [0, 0.05) is 12.4 Å². The summed E-state index contributed by atoms with van der Waals surface area (Å²) in [6, 6.07) is 9.61.